The number of anilines is 1. The summed E-state index contributed by atoms with van der Waals surface area (Å²) >= 11 is 0. The monoisotopic (exact) mass is 270 g/mol. The Labute approximate surface area is 117 Å². The molecule has 0 radical (unpaired) electrons. The van der Waals surface area contributed by atoms with Crippen LogP contribution in [0.2, 0.25) is 0 Å². The summed E-state index contributed by atoms with van der Waals surface area (Å²) in [6.07, 6.45) is 8.23. The van der Waals surface area contributed by atoms with Crippen molar-refractivity contribution >= 4 is 5.95 Å². The Kier molecular flexibility index (Phi) is 2.86. The fourth-order valence-corrected chi connectivity index (χ4v) is 3.30. The molecule has 0 amide bonds. The summed E-state index contributed by atoms with van der Waals surface area (Å²) in [5.41, 5.74) is 0. The number of aryl methyl sites for hydroxylation is 1. The minimum atomic E-state index is 0.451. The van der Waals surface area contributed by atoms with E-state index in [0.717, 1.165) is 50.1 Å². The highest BCUT2D eigenvalue weighted by atomic mass is 15.3. The van der Waals surface area contributed by atoms with E-state index in [1.165, 1.54) is 12.8 Å². The van der Waals surface area contributed by atoms with Crippen molar-refractivity contribution < 1.29 is 0 Å². The molecule has 20 heavy (non-hydrogen) atoms. The molecule has 1 unspecified atom stereocenters. The highest BCUT2D eigenvalue weighted by Crippen LogP contribution is 2.29. The van der Waals surface area contributed by atoms with E-state index in [2.05, 4.69) is 29.6 Å². The Hall–Kier alpha value is -1.98. The van der Waals surface area contributed by atoms with Crippen LogP contribution in [0.4, 0.5) is 5.95 Å². The summed E-state index contributed by atoms with van der Waals surface area (Å²) in [5, 5.41) is 8.77. The molecule has 2 aromatic heterocycles. The lowest BCUT2D eigenvalue weighted by atomic mass is 9.97. The molecule has 0 bridgehead atoms. The first kappa shape index (κ1) is 11.8. The molecule has 4 heterocycles. The van der Waals surface area contributed by atoms with Crippen LogP contribution in [0.25, 0.3) is 0 Å². The predicted molar refractivity (Wildman–Crippen MR) is 74.6 cm³/mol. The van der Waals surface area contributed by atoms with Gasteiger partial charge in [0.2, 0.25) is 5.95 Å². The number of hydrogen-bond acceptors (Lipinski definition) is 5. The summed E-state index contributed by atoms with van der Waals surface area (Å²) in [4.78, 5) is 11.0. The maximum atomic E-state index is 4.44. The smallest absolute Gasteiger partial charge is 0.225 e. The van der Waals surface area contributed by atoms with Crippen LogP contribution >= 0.6 is 0 Å². The van der Waals surface area contributed by atoms with Gasteiger partial charge in [-0.15, -0.1) is 10.2 Å². The van der Waals surface area contributed by atoms with Crippen molar-refractivity contribution in [1.82, 2.24) is 24.7 Å². The Morgan fingerprint density at radius 3 is 2.85 bits per heavy atom. The second-order valence-electron chi connectivity index (χ2n) is 5.56. The van der Waals surface area contributed by atoms with Crippen molar-refractivity contribution in [2.75, 3.05) is 18.0 Å². The van der Waals surface area contributed by atoms with Crippen LogP contribution in [0.15, 0.2) is 18.5 Å². The van der Waals surface area contributed by atoms with E-state index in [4.69, 9.17) is 0 Å². The average molecular weight is 270 g/mol. The van der Waals surface area contributed by atoms with E-state index < -0.39 is 0 Å². The third-order valence-electron chi connectivity index (χ3n) is 4.26. The topological polar surface area (TPSA) is 59.7 Å². The van der Waals surface area contributed by atoms with Gasteiger partial charge in [0.05, 0.1) is 0 Å². The van der Waals surface area contributed by atoms with Crippen LogP contribution < -0.4 is 4.90 Å². The van der Waals surface area contributed by atoms with Crippen LogP contribution in [-0.2, 0) is 13.0 Å². The quantitative estimate of drug-likeness (QED) is 0.825. The highest BCUT2D eigenvalue weighted by Gasteiger charge is 2.29. The molecule has 2 aromatic rings. The molecule has 0 saturated carbocycles. The van der Waals surface area contributed by atoms with Gasteiger partial charge in [0, 0.05) is 44.4 Å². The summed E-state index contributed by atoms with van der Waals surface area (Å²) in [6, 6.07) is 1.86. The van der Waals surface area contributed by atoms with Gasteiger partial charge in [0.25, 0.3) is 0 Å². The molecule has 1 atom stereocenters. The second-order valence-corrected chi connectivity index (χ2v) is 5.56. The molecular weight excluding hydrogens is 252 g/mol. The van der Waals surface area contributed by atoms with Crippen molar-refractivity contribution in [2.24, 2.45) is 0 Å². The molecule has 0 aliphatic carbocycles. The predicted octanol–water partition coefficient (Wildman–Crippen LogP) is 1.40. The standard InChI is InChI=1S/C14H18N6/c1-4-11(13-18-17-12-5-2-9-20(12)13)10-19(8-1)14-15-6-3-7-16-14/h3,6-7,11H,1-2,4-5,8-10H2. The zero-order valence-electron chi connectivity index (χ0n) is 11.4. The number of aromatic nitrogens is 5. The number of hydrogen-bond donors (Lipinski definition) is 0. The lowest BCUT2D eigenvalue weighted by Crippen LogP contribution is -2.36. The minimum absolute atomic E-state index is 0.451. The van der Waals surface area contributed by atoms with Gasteiger partial charge in [-0.1, -0.05) is 0 Å². The van der Waals surface area contributed by atoms with E-state index in [0.29, 0.717) is 5.92 Å². The van der Waals surface area contributed by atoms with Gasteiger partial charge in [-0.05, 0) is 25.3 Å². The lowest BCUT2D eigenvalue weighted by Gasteiger charge is -2.32. The van der Waals surface area contributed by atoms with Crippen molar-refractivity contribution in [1.29, 1.82) is 0 Å². The van der Waals surface area contributed by atoms with Gasteiger partial charge in [-0.25, -0.2) is 9.97 Å². The van der Waals surface area contributed by atoms with Crippen LogP contribution in [0.3, 0.4) is 0 Å². The maximum absolute atomic E-state index is 4.44. The van der Waals surface area contributed by atoms with Gasteiger partial charge >= 0.3 is 0 Å². The number of rotatable bonds is 2. The van der Waals surface area contributed by atoms with E-state index in [1.807, 2.05) is 6.07 Å². The molecule has 1 saturated heterocycles. The molecular formula is C14H18N6. The zero-order valence-corrected chi connectivity index (χ0v) is 11.4. The van der Waals surface area contributed by atoms with Crippen LogP contribution in [0.1, 0.15) is 36.8 Å². The first-order chi connectivity index (χ1) is 9.92. The molecule has 2 aliphatic heterocycles. The SMILES string of the molecule is c1cnc(N2CCCC(c3nnc4n3CCC4)C2)nc1. The molecule has 0 aromatic carbocycles. The minimum Gasteiger partial charge on any atom is -0.340 e. The summed E-state index contributed by atoms with van der Waals surface area (Å²) < 4.78 is 2.32. The van der Waals surface area contributed by atoms with Crippen LogP contribution in [0.5, 0.6) is 0 Å². The Bertz CT molecular complexity index is 593. The van der Waals surface area contributed by atoms with Gasteiger partial charge in [0.1, 0.15) is 11.6 Å². The van der Waals surface area contributed by atoms with Gasteiger partial charge in [-0.3, -0.25) is 0 Å². The van der Waals surface area contributed by atoms with E-state index in [9.17, 15) is 0 Å². The van der Waals surface area contributed by atoms with Crippen molar-refractivity contribution in [3.05, 3.63) is 30.1 Å². The largest absolute Gasteiger partial charge is 0.340 e. The van der Waals surface area contributed by atoms with E-state index >= 15 is 0 Å². The molecule has 104 valence electrons. The summed E-state index contributed by atoms with van der Waals surface area (Å²) in [5.74, 6) is 3.61. The fraction of sp³-hybridized carbons (Fsp3) is 0.571. The van der Waals surface area contributed by atoms with Gasteiger partial charge in [-0.2, -0.15) is 0 Å². The molecule has 6 heteroatoms. The normalized spacial score (nSPS) is 22.0. The molecule has 2 aliphatic rings. The van der Waals surface area contributed by atoms with Crippen molar-refractivity contribution in [2.45, 2.75) is 38.1 Å². The molecule has 0 spiro atoms. The van der Waals surface area contributed by atoms with Gasteiger partial charge < -0.3 is 9.47 Å². The van der Waals surface area contributed by atoms with Crippen LogP contribution in [-0.4, -0.2) is 37.8 Å². The molecule has 1 fully saturated rings. The number of fused-ring (bicyclic) bond motifs is 1. The number of nitrogens with zero attached hydrogens (tertiary/aromatic N) is 6. The number of piperidine rings is 1. The zero-order chi connectivity index (χ0) is 13.4. The molecule has 6 nitrogen and oxygen atoms in total. The van der Waals surface area contributed by atoms with Crippen molar-refractivity contribution in [3.63, 3.8) is 0 Å². The van der Waals surface area contributed by atoms with Gasteiger partial charge in [0.15, 0.2) is 0 Å². The van der Waals surface area contributed by atoms with E-state index in [1.54, 1.807) is 12.4 Å². The summed E-state index contributed by atoms with van der Waals surface area (Å²) in [6.45, 7) is 3.06. The van der Waals surface area contributed by atoms with Crippen molar-refractivity contribution in [3.8, 4) is 0 Å². The maximum Gasteiger partial charge on any atom is 0.225 e. The first-order valence-electron chi connectivity index (χ1n) is 7.36. The van der Waals surface area contributed by atoms with E-state index in [-0.39, 0.29) is 0 Å². The van der Waals surface area contributed by atoms with Crippen LogP contribution in [0, 0.1) is 0 Å². The highest BCUT2D eigenvalue weighted by molar-refractivity contribution is 5.30. The second kappa shape index (κ2) is 4.85. The molecule has 0 N–H and O–H groups in total. The third-order valence-corrected chi connectivity index (χ3v) is 4.26. The first-order valence-corrected chi connectivity index (χ1v) is 7.36. The third kappa shape index (κ3) is 1.95. The fourth-order valence-electron chi connectivity index (χ4n) is 3.30. The Morgan fingerprint density at radius 2 is 1.95 bits per heavy atom. The summed E-state index contributed by atoms with van der Waals surface area (Å²) in [7, 11) is 0. The average Bonchev–Trinajstić information content (AvgIpc) is 3.11. The Balaban J connectivity index is 1.57. The lowest BCUT2D eigenvalue weighted by molar-refractivity contribution is 0.468. The molecule has 4 rings (SSSR count). The Morgan fingerprint density at radius 1 is 1.05 bits per heavy atom.